The highest BCUT2D eigenvalue weighted by Crippen LogP contribution is 2.32. The van der Waals surface area contributed by atoms with Crippen LogP contribution in [0.1, 0.15) is 61.6 Å². The SMILES string of the molecule is CC(=O)O.CCCCN1C(=NC(=O)c2ccc(C(=N)N)cc2)SC(C(=O)NCCC(=O)OCc2ccccn2)C1C. The van der Waals surface area contributed by atoms with E-state index in [4.69, 9.17) is 25.8 Å². The van der Waals surface area contributed by atoms with Gasteiger partial charge in [-0.3, -0.25) is 29.6 Å². The number of aliphatic imine (C=N–C) groups is 1. The number of hydrogen-bond donors (Lipinski definition) is 4. The number of carboxylic acid groups (broad SMARTS) is 1. The molecule has 2 aromatic rings. The molecule has 2 heterocycles. The Hall–Kier alpha value is -4.26. The number of nitrogens with two attached hydrogens (primary N) is 1. The molecule has 12 nitrogen and oxygen atoms in total. The lowest BCUT2D eigenvalue weighted by Gasteiger charge is -2.24. The highest BCUT2D eigenvalue weighted by atomic mass is 32.2. The number of thioether (sulfide) groups is 1. The number of carbonyl (C=O) groups is 4. The lowest BCUT2D eigenvalue weighted by Crippen LogP contribution is -2.43. The Morgan fingerprint density at radius 1 is 1.17 bits per heavy atom. The predicted molar refractivity (Wildman–Crippen MR) is 157 cm³/mol. The zero-order chi connectivity index (χ0) is 30.4. The number of rotatable bonds is 11. The molecule has 1 aliphatic rings. The molecular weight excluding hydrogens is 548 g/mol. The largest absolute Gasteiger partial charge is 0.481 e. The first-order valence-electron chi connectivity index (χ1n) is 13.1. The van der Waals surface area contributed by atoms with Gasteiger partial charge in [-0.2, -0.15) is 4.99 Å². The van der Waals surface area contributed by atoms with E-state index in [2.05, 4.69) is 22.2 Å². The fourth-order valence-corrected chi connectivity index (χ4v) is 4.94. The van der Waals surface area contributed by atoms with E-state index in [1.165, 1.54) is 11.8 Å². The van der Waals surface area contributed by atoms with Crippen molar-refractivity contribution in [3.63, 3.8) is 0 Å². The Balaban J connectivity index is 0.00000138. The third kappa shape index (κ3) is 11.0. The van der Waals surface area contributed by atoms with Crippen LogP contribution in [0.5, 0.6) is 0 Å². The second kappa shape index (κ2) is 16.8. The number of aromatic nitrogens is 1. The monoisotopic (exact) mass is 584 g/mol. The highest BCUT2D eigenvalue weighted by molar-refractivity contribution is 8.15. The summed E-state index contributed by atoms with van der Waals surface area (Å²) in [6, 6.07) is 11.6. The van der Waals surface area contributed by atoms with Gasteiger partial charge >= 0.3 is 5.97 Å². The van der Waals surface area contributed by atoms with E-state index in [1.807, 2.05) is 17.9 Å². The Labute approximate surface area is 243 Å². The van der Waals surface area contributed by atoms with Gasteiger partial charge in [-0.15, -0.1) is 0 Å². The fraction of sp³-hybridized carbons (Fsp3) is 0.393. The minimum absolute atomic E-state index is 0.0413. The van der Waals surface area contributed by atoms with Crippen LogP contribution in [0, 0.1) is 5.41 Å². The van der Waals surface area contributed by atoms with Crippen molar-refractivity contribution in [2.45, 2.75) is 57.9 Å². The van der Waals surface area contributed by atoms with Crippen LogP contribution in [-0.2, 0) is 25.7 Å². The van der Waals surface area contributed by atoms with Crippen LogP contribution in [0.3, 0.4) is 0 Å². The van der Waals surface area contributed by atoms with E-state index in [9.17, 15) is 14.4 Å². The molecule has 1 fully saturated rings. The van der Waals surface area contributed by atoms with Crippen molar-refractivity contribution in [1.82, 2.24) is 15.2 Å². The van der Waals surface area contributed by atoms with Crippen molar-refractivity contribution in [3.05, 3.63) is 65.5 Å². The Bertz CT molecular complexity index is 1230. The van der Waals surface area contributed by atoms with Gasteiger partial charge < -0.3 is 25.8 Å². The van der Waals surface area contributed by atoms with Crippen molar-refractivity contribution < 1.29 is 29.0 Å². The number of carboxylic acids is 1. The standard InChI is InChI=1S/C26H32N6O4S.C2H4O2/c1-3-4-15-32-17(2)22(25(35)30-14-12-21(33)36-16-20-7-5-6-13-29-20)37-26(32)31-24(34)19-10-8-18(9-11-19)23(27)28;1-2(3)4/h5-11,13,17,22H,3-4,12,14-16H2,1-2H3,(H3,27,28)(H,30,35);1H3,(H,3,4). The van der Waals surface area contributed by atoms with Crippen molar-refractivity contribution in [2.75, 3.05) is 13.1 Å². The van der Waals surface area contributed by atoms with Gasteiger partial charge in [-0.25, -0.2) is 0 Å². The minimum Gasteiger partial charge on any atom is -0.481 e. The first-order valence-corrected chi connectivity index (χ1v) is 13.9. The number of nitrogens with one attached hydrogen (secondary N) is 2. The highest BCUT2D eigenvalue weighted by Gasteiger charge is 2.40. The molecule has 220 valence electrons. The molecule has 0 bridgehead atoms. The van der Waals surface area contributed by atoms with Gasteiger partial charge in [0.1, 0.15) is 17.7 Å². The Morgan fingerprint density at radius 3 is 2.41 bits per heavy atom. The third-order valence-corrected chi connectivity index (χ3v) is 7.19. The number of carbonyl (C=O) groups excluding carboxylic acids is 3. The van der Waals surface area contributed by atoms with Crippen molar-refractivity contribution in [2.24, 2.45) is 10.7 Å². The van der Waals surface area contributed by atoms with E-state index in [1.54, 1.807) is 42.6 Å². The third-order valence-electron chi connectivity index (χ3n) is 5.79. The number of nitrogens with zero attached hydrogens (tertiary/aromatic N) is 3. The molecule has 1 saturated heterocycles. The number of unbranched alkanes of at least 4 members (excludes halogenated alkanes) is 1. The molecule has 13 heteroatoms. The summed E-state index contributed by atoms with van der Waals surface area (Å²) in [7, 11) is 0. The topological polar surface area (TPSA) is 188 Å². The number of pyridine rings is 1. The fourth-order valence-electron chi connectivity index (χ4n) is 3.65. The first-order chi connectivity index (χ1) is 19.5. The number of amidine groups is 2. The number of esters is 1. The second-order valence-corrected chi connectivity index (χ2v) is 10.2. The van der Waals surface area contributed by atoms with Gasteiger partial charge in [0.25, 0.3) is 11.9 Å². The molecule has 0 spiro atoms. The maximum absolute atomic E-state index is 12.9. The summed E-state index contributed by atoms with van der Waals surface area (Å²) in [5, 5.41) is 17.7. The summed E-state index contributed by atoms with van der Waals surface area (Å²) in [5.74, 6) is -1.99. The number of aliphatic carboxylic acids is 1. The molecular formula is C28H36N6O6S. The second-order valence-electron chi connectivity index (χ2n) is 9.06. The van der Waals surface area contributed by atoms with Crippen LogP contribution in [0.15, 0.2) is 53.7 Å². The smallest absolute Gasteiger partial charge is 0.307 e. The molecule has 0 aliphatic carbocycles. The van der Waals surface area contributed by atoms with Crippen LogP contribution >= 0.6 is 11.8 Å². The summed E-state index contributed by atoms with van der Waals surface area (Å²) in [6.45, 7) is 5.99. The lowest BCUT2D eigenvalue weighted by molar-refractivity contribution is -0.145. The lowest BCUT2D eigenvalue weighted by atomic mass is 10.1. The number of benzene rings is 1. The van der Waals surface area contributed by atoms with Gasteiger partial charge in [0.15, 0.2) is 5.17 Å². The van der Waals surface area contributed by atoms with E-state index in [0.29, 0.717) is 28.5 Å². The molecule has 5 N–H and O–H groups in total. The number of hydrogen-bond acceptors (Lipinski definition) is 8. The minimum atomic E-state index is -0.833. The molecule has 1 aromatic heterocycles. The quantitative estimate of drug-likeness (QED) is 0.174. The van der Waals surface area contributed by atoms with Crippen LogP contribution < -0.4 is 11.1 Å². The van der Waals surface area contributed by atoms with Gasteiger partial charge in [0.05, 0.1) is 12.1 Å². The molecule has 41 heavy (non-hydrogen) atoms. The maximum Gasteiger partial charge on any atom is 0.307 e. The maximum atomic E-state index is 12.9. The first kappa shape index (κ1) is 32.9. The summed E-state index contributed by atoms with van der Waals surface area (Å²) in [4.78, 5) is 57.2. The zero-order valence-corrected chi connectivity index (χ0v) is 24.1. The van der Waals surface area contributed by atoms with E-state index >= 15 is 0 Å². The predicted octanol–water partition coefficient (Wildman–Crippen LogP) is 2.81. The molecule has 3 rings (SSSR count). The van der Waals surface area contributed by atoms with Crippen molar-refractivity contribution in [1.29, 1.82) is 5.41 Å². The Kier molecular flexibility index (Phi) is 13.5. The number of amides is 2. The van der Waals surface area contributed by atoms with E-state index < -0.39 is 23.1 Å². The van der Waals surface area contributed by atoms with Crippen LogP contribution in [0.2, 0.25) is 0 Å². The number of nitrogen functional groups attached to an aromatic ring is 1. The van der Waals surface area contributed by atoms with Crippen molar-refractivity contribution >= 4 is 46.5 Å². The molecule has 2 unspecified atom stereocenters. The van der Waals surface area contributed by atoms with E-state index in [-0.39, 0.29) is 37.4 Å². The summed E-state index contributed by atoms with van der Waals surface area (Å²) < 4.78 is 5.20. The summed E-state index contributed by atoms with van der Waals surface area (Å²) in [5.41, 5.74) is 7.03. The van der Waals surface area contributed by atoms with E-state index in [0.717, 1.165) is 19.8 Å². The molecule has 0 radical (unpaired) electrons. The van der Waals surface area contributed by atoms with Crippen LogP contribution in [0.4, 0.5) is 0 Å². The molecule has 1 aliphatic heterocycles. The summed E-state index contributed by atoms with van der Waals surface area (Å²) in [6.07, 6.45) is 3.52. The normalized spacial score (nSPS) is 16.9. The average molecular weight is 585 g/mol. The summed E-state index contributed by atoms with van der Waals surface area (Å²) >= 11 is 1.25. The molecule has 0 saturated carbocycles. The zero-order valence-electron chi connectivity index (χ0n) is 23.3. The van der Waals surface area contributed by atoms with Gasteiger partial charge in [-0.05, 0) is 37.6 Å². The Morgan fingerprint density at radius 2 is 1.83 bits per heavy atom. The van der Waals surface area contributed by atoms with Crippen LogP contribution in [0.25, 0.3) is 0 Å². The van der Waals surface area contributed by atoms with Gasteiger partial charge in [0, 0.05) is 43.4 Å². The molecule has 2 amide bonds. The number of ether oxygens (including phenoxy) is 1. The average Bonchev–Trinajstić information content (AvgIpc) is 3.25. The van der Waals surface area contributed by atoms with Crippen molar-refractivity contribution in [3.8, 4) is 0 Å². The molecule has 2 atom stereocenters. The van der Waals surface area contributed by atoms with Gasteiger partial charge in [0.2, 0.25) is 5.91 Å². The van der Waals surface area contributed by atoms with Crippen LogP contribution in [-0.4, -0.2) is 74.1 Å². The molecule has 1 aromatic carbocycles. The van der Waals surface area contributed by atoms with Gasteiger partial charge in [-0.1, -0.05) is 43.3 Å².